The van der Waals surface area contributed by atoms with Crippen molar-refractivity contribution < 1.29 is 4.79 Å². The minimum absolute atomic E-state index is 0.209. The molecule has 0 spiro atoms. The Bertz CT molecular complexity index is 662. The van der Waals surface area contributed by atoms with Gasteiger partial charge in [0.25, 0.3) is 0 Å². The topological polar surface area (TPSA) is 58.1 Å². The molecule has 0 unspecified atom stereocenters. The molecule has 2 aromatic rings. The van der Waals surface area contributed by atoms with Crippen molar-refractivity contribution in [3.05, 3.63) is 35.9 Å². The number of piperidine rings is 1. The summed E-state index contributed by atoms with van der Waals surface area (Å²) in [6, 6.07) is 10.6. The van der Waals surface area contributed by atoms with E-state index in [1.165, 1.54) is 35.1 Å². The molecule has 5 nitrogen and oxygen atoms in total. The molecule has 24 heavy (non-hydrogen) atoms. The zero-order chi connectivity index (χ0) is 16.8. The highest BCUT2D eigenvalue weighted by Gasteiger charge is 2.23. The van der Waals surface area contributed by atoms with Gasteiger partial charge in [-0.2, -0.15) is 0 Å². The first-order valence-electron chi connectivity index (χ1n) is 8.26. The van der Waals surface area contributed by atoms with E-state index >= 15 is 0 Å². The summed E-state index contributed by atoms with van der Waals surface area (Å²) in [4.78, 5) is 14.4. The number of benzene rings is 1. The molecule has 0 bridgehead atoms. The molecule has 1 aliphatic heterocycles. The van der Waals surface area contributed by atoms with E-state index in [1.807, 2.05) is 23.1 Å². The van der Waals surface area contributed by atoms with Crippen LogP contribution in [0.3, 0.4) is 0 Å². The number of likely N-dealkylation sites (tertiary alicyclic amines) is 1. The SMILES string of the molecule is C[C@H]1CCCCN1C(=O)CSc1nnc(NCc2ccccc2)s1. The van der Waals surface area contributed by atoms with Gasteiger partial charge in [0.05, 0.1) is 5.75 Å². The van der Waals surface area contributed by atoms with Crippen LogP contribution in [0.2, 0.25) is 0 Å². The van der Waals surface area contributed by atoms with E-state index in [2.05, 4.69) is 34.6 Å². The molecular formula is C17H22N4OS2. The second-order valence-electron chi connectivity index (χ2n) is 5.93. The fourth-order valence-corrected chi connectivity index (χ4v) is 4.42. The van der Waals surface area contributed by atoms with Crippen molar-refractivity contribution in [3.8, 4) is 0 Å². The van der Waals surface area contributed by atoms with Gasteiger partial charge in [-0.3, -0.25) is 4.79 Å². The Morgan fingerprint density at radius 1 is 1.33 bits per heavy atom. The highest BCUT2D eigenvalue weighted by atomic mass is 32.2. The summed E-state index contributed by atoms with van der Waals surface area (Å²) in [5.41, 5.74) is 1.20. The maximum Gasteiger partial charge on any atom is 0.233 e. The zero-order valence-electron chi connectivity index (χ0n) is 13.8. The lowest BCUT2D eigenvalue weighted by molar-refractivity contribution is -0.131. The summed E-state index contributed by atoms with van der Waals surface area (Å²) in [5, 5.41) is 12.4. The van der Waals surface area contributed by atoms with Gasteiger partial charge in [-0.1, -0.05) is 53.4 Å². The van der Waals surface area contributed by atoms with E-state index in [4.69, 9.17) is 0 Å². The van der Waals surface area contributed by atoms with Gasteiger partial charge in [0.15, 0.2) is 4.34 Å². The lowest BCUT2D eigenvalue weighted by Gasteiger charge is -2.33. The van der Waals surface area contributed by atoms with Crippen molar-refractivity contribution in [3.63, 3.8) is 0 Å². The molecule has 0 radical (unpaired) electrons. The van der Waals surface area contributed by atoms with Crippen LogP contribution in [0.15, 0.2) is 34.7 Å². The summed E-state index contributed by atoms with van der Waals surface area (Å²) in [7, 11) is 0. The molecule has 1 aromatic carbocycles. The predicted octanol–water partition coefficient (Wildman–Crippen LogP) is 3.64. The molecular weight excluding hydrogens is 340 g/mol. The standard InChI is InChI=1S/C17H22N4OS2/c1-13-7-5-6-10-21(13)15(22)12-23-17-20-19-16(24-17)18-11-14-8-3-2-4-9-14/h2-4,8-9,13H,5-7,10-12H2,1H3,(H,18,19)/t13-/m0/s1. The molecule has 1 N–H and O–H groups in total. The highest BCUT2D eigenvalue weighted by molar-refractivity contribution is 8.01. The average Bonchev–Trinajstić information content (AvgIpc) is 3.07. The van der Waals surface area contributed by atoms with Crippen LogP contribution in [-0.4, -0.2) is 39.3 Å². The fourth-order valence-electron chi connectivity index (χ4n) is 2.79. The molecule has 1 aliphatic rings. The van der Waals surface area contributed by atoms with Gasteiger partial charge in [0.2, 0.25) is 11.0 Å². The molecule has 1 saturated heterocycles. The summed E-state index contributed by atoms with van der Waals surface area (Å²) in [6.07, 6.45) is 3.46. The van der Waals surface area contributed by atoms with Crippen LogP contribution >= 0.6 is 23.1 Å². The van der Waals surface area contributed by atoms with Gasteiger partial charge in [-0.05, 0) is 31.7 Å². The van der Waals surface area contributed by atoms with Crippen molar-refractivity contribution in [1.29, 1.82) is 0 Å². The summed E-state index contributed by atoms with van der Waals surface area (Å²) < 4.78 is 0.837. The predicted molar refractivity (Wildman–Crippen MR) is 99.4 cm³/mol. The third-order valence-corrected chi connectivity index (χ3v) is 6.13. The lowest BCUT2D eigenvalue weighted by atomic mass is 10.0. The Hall–Kier alpha value is -1.60. The van der Waals surface area contributed by atoms with Crippen molar-refractivity contribution in [1.82, 2.24) is 15.1 Å². The van der Waals surface area contributed by atoms with Crippen LogP contribution in [0, 0.1) is 0 Å². The molecule has 0 saturated carbocycles. The molecule has 1 fully saturated rings. The number of rotatable bonds is 6. The second-order valence-corrected chi connectivity index (χ2v) is 8.13. The zero-order valence-corrected chi connectivity index (χ0v) is 15.4. The Morgan fingerprint density at radius 3 is 2.96 bits per heavy atom. The number of hydrogen-bond donors (Lipinski definition) is 1. The maximum atomic E-state index is 12.3. The van der Waals surface area contributed by atoms with Gasteiger partial charge in [0.1, 0.15) is 0 Å². The highest BCUT2D eigenvalue weighted by Crippen LogP contribution is 2.27. The van der Waals surface area contributed by atoms with Gasteiger partial charge in [-0.25, -0.2) is 0 Å². The van der Waals surface area contributed by atoms with Gasteiger partial charge < -0.3 is 10.2 Å². The number of anilines is 1. The van der Waals surface area contributed by atoms with Crippen LogP contribution in [0.4, 0.5) is 5.13 Å². The van der Waals surface area contributed by atoms with E-state index in [1.54, 1.807) is 0 Å². The maximum absolute atomic E-state index is 12.3. The smallest absolute Gasteiger partial charge is 0.233 e. The first-order chi connectivity index (χ1) is 11.7. The minimum Gasteiger partial charge on any atom is -0.356 e. The number of carbonyl (C=O) groups is 1. The Balaban J connectivity index is 1.46. The summed E-state index contributed by atoms with van der Waals surface area (Å²) >= 11 is 2.98. The Morgan fingerprint density at radius 2 is 2.17 bits per heavy atom. The quantitative estimate of drug-likeness (QED) is 0.795. The normalized spacial score (nSPS) is 17.7. The van der Waals surface area contributed by atoms with Crippen LogP contribution in [-0.2, 0) is 11.3 Å². The molecule has 0 aliphatic carbocycles. The van der Waals surface area contributed by atoms with Gasteiger partial charge in [-0.15, -0.1) is 10.2 Å². The first kappa shape index (κ1) is 17.2. The van der Waals surface area contributed by atoms with E-state index in [9.17, 15) is 4.79 Å². The molecule has 3 rings (SSSR count). The van der Waals surface area contributed by atoms with Gasteiger partial charge in [0, 0.05) is 19.1 Å². The monoisotopic (exact) mass is 362 g/mol. The van der Waals surface area contributed by atoms with E-state index in [0.717, 1.165) is 35.4 Å². The largest absolute Gasteiger partial charge is 0.356 e. The number of thioether (sulfide) groups is 1. The third kappa shape index (κ3) is 4.70. The number of amides is 1. The van der Waals surface area contributed by atoms with Crippen LogP contribution in [0.1, 0.15) is 31.7 Å². The van der Waals surface area contributed by atoms with Crippen molar-refractivity contribution in [2.24, 2.45) is 0 Å². The fraction of sp³-hybridized carbons (Fsp3) is 0.471. The lowest BCUT2D eigenvalue weighted by Crippen LogP contribution is -2.42. The van der Waals surface area contributed by atoms with Crippen molar-refractivity contribution in [2.75, 3.05) is 17.6 Å². The third-order valence-electron chi connectivity index (χ3n) is 4.14. The number of aromatic nitrogens is 2. The average molecular weight is 363 g/mol. The molecule has 128 valence electrons. The number of carbonyl (C=O) groups excluding carboxylic acids is 1. The molecule has 1 amide bonds. The van der Waals surface area contributed by atoms with Crippen molar-refractivity contribution in [2.45, 2.75) is 43.1 Å². The number of nitrogens with zero attached hydrogens (tertiary/aromatic N) is 3. The van der Waals surface area contributed by atoms with E-state index in [-0.39, 0.29) is 5.91 Å². The van der Waals surface area contributed by atoms with E-state index in [0.29, 0.717) is 11.8 Å². The van der Waals surface area contributed by atoms with Crippen LogP contribution in [0.25, 0.3) is 0 Å². The van der Waals surface area contributed by atoms with E-state index < -0.39 is 0 Å². The Labute approximate surface area is 150 Å². The summed E-state index contributed by atoms with van der Waals surface area (Å²) in [5.74, 6) is 0.652. The summed E-state index contributed by atoms with van der Waals surface area (Å²) in [6.45, 7) is 3.75. The minimum atomic E-state index is 0.209. The first-order valence-corrected chi connectivity index (χ1v) is 10.1. The number of hydrogen-bond acceptors (Lipinski definition) is 6. The van der Waals surface area contributed by atoms with Crippen molar-refractivity contribution >= 4 is 34.1 Å². The second kappa shape index (κ2) is 8.48. The van der Waals surface area contributed by atoms with Gasteiger partial charge >= 0.3 is 0 Å². The Kier molecular flexibility index (Phi) is 6.09. The molecule has 1 atom stereocenters. The molecule has 1 aromatic heterocycles. The number of nitrogens with one attached hydrogen (secondary N) is 1. The van der Waals surface area contributed by atoms with Crippen LogP contribution in [0.5, 0.6) is 0 Å². The van der Waals surface area contributed by atoms with Crippen LogP contribution < -0.4 is 5.32 Å². The molecule has 7 heteroatoms. The molecule has 2 heterocycles.